The number of alkyl halides is 3. The molecule has 0 saturated carbocycles. The van der Waals surface area contributed by atoms with Crippen LogP contribution in [0.3, 0.4) is 0 Å². The predicted octanol–water partition coefficient (Wildman–Crippen LogP) is 1.74. The van der Waals surface area contributed by atoms with E-state index in [1.807, 2.05) is 0 Å². The molecule has 1 unspecified atom stereocenters. The van der Waals surface area contributed by atoms with Crippen molar-refractivity contribution >= 4 is 12.4 Å². The minimum Gasteiger partial charge on any atom is -0.360 e. The van der Waals surface area contributed by atoms with Crippen LogP contribution in [-0.4, -0.2) is 31.0 Å². The number of hydrogen-bond acceptors (Lipinski definition) is 2. The molecule has 0 aromatic rings. The standard InChI is InChI=1S/C7H12F3NO.ClH/c1-6(2)4-11-3-5(12-6)7(8,9)10;/h5,11H,3-4H2,1-2H3;1H. The van der Waals surface area contributed by atoms with Gasteiger partial charge in [-0.05, 0) is 13.8 Å². The zero-order chi connectivity index (χ0) is 9.41. The maximum Gasteiger partial charge on any atom is 0.415 e. The summed E-state index contributed by atoms with van der Waals surface area (Å²) in [6.07, 6.45) is -5.92. The maximum atomic E-state index is 12.1. The largest absolute Gasteiger partial charge is 0.415 e. The lowest BCUT2D eigenvalue weighted by Gasteiger charge is -2.37. The van der Waals surface area contributed by atoms with Crippen LogP contribution in [0.5, 0.6) is 0 Å². The van der Waals surface area contributed by atoms with Gasteiger partial charge in [0.05, 0.1) is 5.60 Å². The van der Waals surface area contributed by atoms with Gasteiger partial charge in [-0.1, -0.05) is 0 Å². The fourth-order valence-corrected chi connectivity index (χ4v) is 1.16. The number of hydrogen-bond donors (Lipinski definition) is 1. The van der Waals surface area contributed by atoms with E-state index in [1.54, 1.807) is 13.8 Å². The summed E-state index contributed by atoms with van der Waals surface area (Å²) >= 11 is 0. The molecule has 0 spiro atoms. The maximum absolute atomic E-state index is 12.1. The minimum absolute atomic E-state index is 0. The normalized spacial score (nSPS) is 27.9. The SMILES string of the molecule is CC1(C)CNCC(C(F)(F)F)O1.Cl. The quantitative estimate of drug-likeness (QED) is 0.670. The molecule has 0 radical (unpaired) electrons. The number of morpholine rings is 1. The molecule has 1 N–H and O–H groups in total. The molecule has 1 saturated heterocycles. The fraction of sp³-hybridized carbons (Fsp3) is 1.00. The van der Waals surface area contributed by atoms with E-state index in [4.69, 9.17) is 4.74 Å². The molecular weight excluding hydrogens is 207 g/mol. The van der Waals surface area contributed by atoms with E-state index in [-0.39, 0.29) is 19.0 Å². The first-order chi connectivity index (χ1) is 5.31. The lowest BCUT2D eigenvalue weighted by Crippen LogP contribution is -2.55. The molecule has 13 heavy (non-hydrogen) atoms. The third-order valence-electron chi connectivity index (χ3n) is 1.71. The van der Waals surface area contributed by atoms with Gasteiger partial charge in [0.2, 0.25) is 0 Å². The fourth-order valence-electron chi connectivity index (χ4n) is 1.16. The van der Waals surface area contributed by atoms with E-state index >= 15 is 0 Å². The van der Waals surface area contributed by atoms with Gasteiger partial charge in [-0.15, -0.1) is 12.4 Å². The van der Waals surface area contributed by atoms with Gasteiger partial charge in [-0.3, -0.25) is 0 Å². The smallest absolute Gasteiger partial charge is 0.360 e. The first-order valence-electron chi connectivity index (χ1n) is 3.76. The Morgan fingerprint density at radius 2 is 1.92 bits per heavy atom. The third kappa shape index (κ3) is 3.70. The van der Waals surface area contributed by atoms with Crippen LogP contribution in [0.1, 0.15) is 13.8 Å². The molecule has 0 amide bonds. The van der Waals surface area contributed by atoms with Crippen molar-refractivity contribution in [3.63, 3.8) is 0 Å². The molecule has 1 fully saturated rings. The molecule has 1 atom stereocenters. The molecule has 1 rings (SSSR count). The average Bonchev–Trinajstić information content (AvgIpc) is 1.83. The summed E-state index contributed by atoms with van der Waals surface area (Å²) in [5.74, 6) is 0. The summed E-state index contributed by atoms with van der Waals surface area (Å²) in [5.41, 5.74) is -0.724. The van der Waals surface area contributed by atoms with Crippen LogP contribution < -0.4 is 5.32 Å². The molecule has 0 aliphatic carbocycles. The van der Waals surface area contributed by atoms with E-state index in [9.17, 15) is 13.2 Å². The first kappa shape index (κ1) is 13.0. The second kappa shape index (κ2) is 4.02. The topological polar surface area (TPSA) is 21.3 Å². The highest BCUT2D eigenvalue weighted by atomic mass is 35.5. The van der Waals surface area contributed by atoms with Gasteiger partial charge in [0, 0.05) is 13.1 Å². The van der Waals surface area contributed by atoms with Crippen molar-refractivity contribution in [3.8, 4) is 0 Å². The zero-order valence-electron chi connectivity index (χ0n) is 7.44. The highest BCUT2D eigenvalue weighted by Crippen LogP contribution is 2.28. The van der Waals surface area contributed by atoms with Gasteiger partial charge in [0.25, 0.3) is 0 Å². The van der Waals surface area contributed by atoms with Crippen LogP contribution in [0.2, 0.25) is 0 Å². The number of halogens is 4. The number of nitrogens with one attached hydrogen (secondary N) is 1. The van der Waals surface area contributed by atoms with Gasteiger partial charge in [0.1, 0.15) is 0 Å². The van der Waals surface area contributed by atoms with Crippen LogP contribution >= 0.6 is 12.4 Å². The first-order valence-corrected chi connectivity index (χ1v) is 3.76. The van der Waals surface area contributed by atoms with Crippen molar-refractivity contribution in [1.29, 1.82) is 0 Å². The Morgan fingerprint density at radius 3 is 2.23 bits per heavy atom. The van der Waals surface area contributed by atoms with Crippen molar-refractivity contribution < 1.29 is 17.9 Å². The third-order valence-corrected chi connectivity index (χ3v) is 1.71. The summed E-state index contributed by atoms with van der Waals surface area (Å²) < 4.78 is 41.2. The van der Waals surface area contributed by atoms with E-state index in [1.165, 1.54) is 0 Å². The van der Waals surface area contributed by atoms with Gasteiger partial charge in [0.15, 0.2) is 6.10 Å². The van der Waals surface area contributed by atoms with Crippen LogP contribution in [0.25, 0.3) is 0 Å². The molecule has 2 nitrogen and oxygen atoms in total. The molecular formula is C7H13ClF3NO. The summed E-state index contributed by atoms with van der Waals surface area (Å²) in [6, 6.07) is 0. The molecule has 6 heteroatoms. The van der Waals surface area contributed by atoms with Crippen LogP contribution in [0, 0.1) is 0 Å². The number of ether oxygens (including phenoxy) is 1. The Morgan fingerprint density at radius 1 is 1.38 bits per heavy atom. The Hall–Kier alpha value is 0. The van der Waals surface area contributed by atoms with E-state index in [2.05, 4.69) is 5.32 Å². The summed E-state index contributed by atoms with van der Waals surface area (Å²) in [6.45, 7) is 3.59. The molecule has 0 aromatic carbocycles. The van der Waals surface area contributed by atoms with Gasteiger partial charge >= 0.3 is 6.18 Å². The summed E-state index contributed by atoms with van der Waals surface area (Å²) in [5, 5.41) is 2.69. The number of rotatable bonds is 0. The average molecular weight is 220 g/mol. The lowest BCUT2D eigenvalue weighted by molar-refractivity contribution is -0.256. The van der Waals surface area contributed by atoms with Crippen molar-refractivity contribution in [3.05, 3.63) is 0 Å². The van der Waals surface area contributed by atoms with Gasteiger partial charge in [-0.2, -0.15) is 13.2 Å². The molecule has 0 bridgehead atoms. The Kier molecular flexibility index (Phi) is 4.02. The highest BCUT2D eigenvalue weighted by molar-refractivity contribution is 5.85. The van der Waals surface area contributed by atoms with Gasteiger partial charge < -0.3 is 10.1 Å². The van der Waals surface area contributed by atoms with Crippen molar-refractivity contribution in [1.82, 2.24) is 5.32 Å². The summed E-state index contributed by atoms with van der Waals surface area (Å²) in [4.78, 5) is 0. The molecule has 0 aromatic heterocycles. The van der Waals surface area contributed by atoms with Crippen LogP contribution in [0.4, 0.5) is 13.2 Å². The molecule has 1 aliphatic heterocycles. The highest BCUT2D eigenvalue weighted by Gasteiger charge is 2.45. The van der Waals surface area contributed by atoms with Crippen molar-refractivity contribution in [2.75, 3.05) is 13.1 Å². The van der Waals surface area contributed by atoms with Crippen molar-refractivity contribution in [2.24, 2.45) is 0 Å². The monoisotopic (exact) mass is 219 g/mol. The minimum atomic E-state index is -4.26. The van der Waals surface area contributed by atoms with E-state index < -0.39 is 17.9 Å². The van der Waals surface area contributed by atoms with E-state index in [0.29, 0.717) is 6.54 Å². The van der Waals surface area contributed by atoms with Crippen LogP contribution in [-0.2, 0) is 4.74 Å². The molecule has 80 valence electrons. The Labute approximate surface area is 81.2 Å². The predicted molar refractivity (Wildman–Crippen MR) is 45.1 cm³/mol. The van der Waals surface area contributed by atoms with Crippen LogP contribution in [0.15, 0.2) is 0 Å². The Bertz CT molecular complexity index is 168. The zero-order valence-corrected chi connectivity index (χ0v) is 8.26. The summed E-state index contributed by atoms with van der Waals surface area (Å²) in [7, 11) is 0. The second-order valence-corrected chi connectivity index (χ2v) is 3.54. The van der Waals surface area contributed by atoms with Gasteiger partial charge in [-0.25, -0.2) is 0 Å². The second-order valence-electron chi connectivity index (χ2n) is 3.54. The van der Waals surface area contributed by atoms with E-state index in [0.717, 1.165) is 0 Å². The Balaban J connectivity index is 0.00000144. The van der Waals surface area contributed by atoms with Crippen molar-refractivity contribution in [2.45, 2.75) is 31.7 Å². The molecule has 1 aliphatic rings. The molecule has 1 heterocycles. The lowest BCUT2D eigenvalue weighted by atomic mass is 10.1.